The lowest BCUT2D eigenvalue weighted by atomic mass is 10.1. The molecule has 1 amide bonds. The van der Waals surface area contributed by atoms with E-state index in [2.05, 4.69) is 10.5 Å². The third-order valence-electron chi connectivity index (χ3n) is 2.76. The van der Waals surface area contributed by atoms with Crippen molar-refractivity contribution in [2.24, 2.45) is 5.10 Å². The van der Waals surface area contributed by atoms with Crippen LogP contribution >= 0.6 is 0 Å². The summed E-state index contributed by atoms with van der Waals surface area (Å²) in [5, 5.41) is 21.0. The normalized spacial score (nSPS) is 9.95. The highest BCUT2D eigenvalue weighted by Gasteiger charge is 2.11. The second-order valence-corrected chi connectivity index (χ2v) is 4.24. The van der Waals surface area contributed by atoms with Gasteiger partial charge in [-0.2, -0.15) is 15.6 Å². The molecule has 22 heavy (non-hydrogen) atoms. The van der Waals surface area contributed by atoms with Crippen molar-refractivity contribution in [2.45, 2.75) is 0 Å². The van der Waals surface area contributed by atoms with Crippen molar-refractivity contribution in [3.8, 4) is 12.1 Å². The highest BCUT2D eigenvalue weighted by atomic mass is 19.1. The summed E-state index contributed by atoms with van der Waals surface area (Å²) < 4.78 is 13.6. The number of hydrogen-bond donors (Lipinski definition) is 1. The van der Waals surface area contributed by atoms with Gasteiger partial charge in [0.15, 0.2) is 0 Å². The van der Waals surface area contributed by atoms with Gasteiger partial charge in [-0.25, -0.2) is 9.82 Å². The van der Waals surface area contributed by atoms with Crippen LogP contribution in [0.3, 0.4) is 0 Å². The molecule has 6 heteroatoms. The molecule has 2 aromatic carbocycles. The Hall–Kier alpha value is -3.51. The zero-order valence-corrected chi connectivity index (χ0v) is 11.2. The summed E-state index contributed by atoms with van der Waals surface area (Å²) in [6, 6.07) is 13.9. The van der Waals surface area contributed by atoms with E-state index in [4.69, 9.17) is 10.5 Å². The molecule has 0 aliphatic carbocycles. The van der Waals surface area contributed by atoms with Crippen LogP contribution in [0.25, 0.3) is 0 Å². The van der Waals surface area contributed by atoms with E-state index < -0.39 is 11.7 Å². The van der Waals surface area contributed by atoms with Gasteiger partial charge in [0.1, 0.15) is 5.82 Å². The molecule has 0 atom stereocenters. The molecule has 0 fully saturated rings. The second-order valence-electron chi connectivity index (χ2n) is 4.24. The number of halogens is 1. The minimum atomic E-state index is -0.787. The number of carbonyl (C=O) groups excluding carboxylic acids is 1. The van der Waals surface area contributed by atoms with Gasteiger partial charge < -0.3 is 0 Å². The summed E-state index contributed by atoms with van der Waals surface area (Å²) in [6.45, 7) is 0. The summed E-state index contributed by atoms with van der Waals surface area (Å²) in [4.78, 5) is 11.8. The largest absolute Gasteiger partial charge is 0.274 e. The molecule has 106 valence electrons. The van der Waals surface area contributed by atoms with Crippen LogP contribution < -0.4 is 5.43 Å². The predicted molar refractivity (Wildman–Crippen MR) is 77.3 cm³/mol. The first kappa shape index (κ1) is 14.9. The summed E-state index contributed by atoms with van der Waals surface area (Å²) >= 11 is 0. The Bertz CT molecular complexity index is 814. The van der Waals surface area contributed by atoms with E-state index in [1.54, 1.807) is 30.3 Å². The van der Waals surface area contributed by atoms with Crippen molar-refractivity contribution in [3.63, 3.8) is 0 Å². The Morgan fingerprint density at radius 2 is 1.73 bits per heavy atom. The van der Waals surface area contributed by atoms with Crippen LogP contribution in [0.2, 0.25) is 0 Å². The standard InChI is InChI=1S/C16H9FN4O/c17-15-7-13(9-19)5-6-14(15)16(22)21-20-10-12-3-1-11(8-18)2-4-12/h1-7,10H,(H,21,22)/b20-10+. The Morgan fingerprint density at radius 3 is 2.32 bits per heavy atom. The lowest BCUT2D eigenvalue weighted by Gasteiger charge is -2.01. The fourth-order valence-corrected chi connectivity index (χ4v) is 1.64. The molecule has 2 rings (SSSR count). The van der Waals surface area contributed by atoms with Crippen LogP contribution in [-0.4, -0.2) is 12.1 Å². The summed E-state index contributed by atoms with van der Waals surface area (Å²) in [7, 11) is 0. The molecule has 0 heterocycles. The number of amides is 1. The predicted octanol–water partition coefficient (Wildman–Crippen LogP) is 2.33. The summed E-state index contributed by atoms with van der Waals surface area (Å²) in [5.41, 5.74) is 3.33. The van der Waals surface area contributed by atoms with Crippen LogP contribution in [-0.2, 0) is 0 Å². The van der Waals surface area contributed by atoms with Gasteiger partial charge in [-0.05, 0) is 35.9 Å². The molecule has 1 N–H and O–H groups in total. The van der Waals surface area contributed by atoms with Gasteiger partial charge in [-0.1, -0.05) is 12.1 Å². The average molecular weight is 292 g/mol. The van der Waals surface area contributed by atoms with Gasteiger partial charge in [0, 0.05) is 0 Å². The SMILES string of the molecule is N#Cc1ccc(/C=N/NC(=O)c2ccc(C#N)cc2F)cc1. The van der Waals surface area contributed by atoms with Gasteiger partial charge in [-0.15, -0.1) is 0 Å². The van der Waals surface area contributed by atoms with Crippen molar-refractivity contribution in [1.29, 1.82) is 10.5 Å². The van der Waals surface area contributed by atoms with Gasteiger partial charge in [-0.3, -0.25) is 4.79 Å². The zero-order chi connectivity index (χ0) is 15.9. The maximum atomic E-state index is 13.6. The highest BCUT2D eigenvalue weighted by Crippen LogP contribution is 2.09. The Morgan fingerprint density at radius 1 is 1.09 bits per heavy atom. The van der Waals surface area contributed by atoms with Crippen LogP contribution in [0.1, 0.15) is 27.0 Å². The number of hydrogen-bond acceptors (Lipinski definition) is 4. The summed E-state index contributed by atoms with van der Waals surface area (Å²) in [5.74, 6) is -1.50. The number of benzene rings is 2. The van der Waals surface area contributed by atoms with E-state index in [0.717, 1.165) is 6.07 Å². The minimum absolute atomic E-state index is 0.134. The van der Waals surface area contributed by atoms with E-state index >= 15 is 0 Å². The lowest BCUT2D eigenvalue weighted by molar-refractivity contribution is 0.0951. The maximum Gasteiger partial charge on any atom is 0.274 e. The number of hydrazone groups is 1. The maximum absolute atomic E-state index is 13.6. The molecule has 0 aliphatic heterocycles. The van der Waals surface area contributed by atoms with Crippen LogP contribution in [0.15, 0.2) is 47.6 Å². The van der Waals surface area contributed by atoms with Gasteiger partial charge in [0.2, 0.25) is 0 Å². The first-order valence-corrected chi connectivity index (χ1v) is 6.17. The fraction of sp³-hybridized carbons (Fsp3) is 0. The van der Waals surface area contributed by atoms with Crippen LogP contribution in [0.4, 0.5) is 4.39 Å². The molecular weight excluding hydrogens is 283 g/mol. The van der Waals surface area contributed by atoms with Crippen LogP contribution in [0, 0.1) is 28.5 Å². The molecular formula is C16H9FN4O. The van der Waals surface area contributed by atoms with Crippen LogP contribution in [0.5, 0.6) is 0 Å². The van der Waals surface area contributed by atoms with Gasteiger partial charge in [0.25, 0.3) is 5.91 Å². The molecule has 0 saturated carbocycles. The van der Waals surface area contributed by atoms with E-state index in [-0.39, 0.29) is 11.1 Å². The van der Waals surface area contributed by atoms with E-state index in [1.807, 2.05) is 6.07 Å². The van der Waals surface area contributed by atoms with E-state index in [1.165, 1.54) is 18.3 Å². The highest BCUT2D eigenvalue weighted by molar-refractivity contribution is 5.95. The second kappa shape index (κ2) is 6.78. The fourth-order valence-electron chi connectivity index (χ4n) is 1.64. The Balaban J connectivity index is 2.04. The number of rotatable bonds is 3. The van der Waals surface area contributed by atoms with E-state index in [0.29, 0.717) is 11.1 Å². The average Bonchev–Trinajstić information content (AvgIpc) is 2.55. The molecule has 2 aromatic rings. The van der Waals surface area contributed by atoms with E-state index in [9.17, 15) is 9.18 Å². The number of nitriles is 2. The monoisotopic (exact) mass is 292 g/mol. The van der Waals surface area contributed by atoms with Crippen molar-refractivity contribution < 1.29 is 9.18 Å². The topological polar surface area (TPSA) is 89.0 Å². The zero-order valence-electron chi connectivity index (χ0n) is 11.2. The summed E-state index contributed by atoms with van der Waals surface area (Å²) in [6.07, 6.45) is 1.38. The number of nitrogens with one attached hydrogen (secondary N) is 1. The Kier molecular flexibility index (Phi) is 4.59. The van der Waals surface area contributed by atoms with Crippen molar-refractivity contribution >= 4 is 12.1 Å². The van der Waals surface area contributed by atoms with Crippen molar-refractivity contribution in [1.82, 2.24) is 5.43 Å². The third-order valence-corrected chi connectivity index (χ3v) is 2.76. The minimum Gasteiger partial charge on any atom is -0.267 e. The molecule has 0 saturated heterocycles. The number of nitrogens with zero attached hydrogens (tertiary/aromatic N) is 3. The van der Waals surface area contributed by atoms with Crippen molar-refractivity contribution in [2.75, 3.05) is 0 Å². The molecule has 0 aromatic heterocycles. The molecule has 0 unspecified atom stereocenters. The number of carbonyl (C=O) groups is 1. The first-order valence-electron chi connectivity index (χ1n) is 6.17. The molecule has 0 bridgehead atoms. The molecule has 0 radical (unpaired) electrons. The van der Waals surface area contributed by atoms with Gasteiger partial charge in [0.05, 0.1) is 35.0 Å². The quantitative estimate of drug-likeness (QED) is 0.695. The van der Waals surface area contributed by atoms with Gasteiger partial charge >= 0.3 is 0 Å². The molecule has 0 spiro atoms. The Labute approximate surface area is 125 Å². The smallest absolute Gasteiger partial charge is 0.267 e. The molecule has 5 nitrogen and oxygen atoms in total. The molecule has 0 aliphatic rings. The third kappa shape index (κ3) is 3.53. The first-order chi connectivity index (χ1) is 10.6. The lowest BCUT2D eigenvalue weighted by Crippen LogP contribution is -2.19. The van der Waals surface area contributed by atoms with Crippen molar-refractivity contribution in [3.05, 3.63) is 70.5 Å².